The molecule has 2 heteroatoms. The normalized spacial score (nSPS) is 13.2. The van der Waals surface area contributed by atoms with Gasteiger partial charge in [-0.05, 0) is 69.8 Å². The van der Waals surface area contributed by atoms with E-state index in [1.807, 2.05) is 24.4 Å². The fourth-order valence-electron chi connectivity index (χ4n) is 6.71. The van der Waals surface area contributed by atoms with Gasteiger partial charge in [0.25, 0.3) is 0 Å². The molecule has 7 aromatic rings. The number of nitrogens with zero attached hydrogens (tertiary/aromatic N) is 2. The summed E-state index contributed by atoms with van der Waals surface area (Å²) < 4.78 is 2.30. The maximum absolute atomic E-state index is 4.51. The number of pyridine rings is 1. The van der Waals surface area contributed by atoms with Crippen molar-refractivity contribution in [2.45, 2.75) is 5.41 Å². The topological polar surface area (TPSA) is 17.8 Å². The van der Waals surface area contributed by atoms with Gasteiger partial charge < -0.3 is 4.57 Å². The summed E-state index contributed by atoms with van der Waals surface area (Å²) in [5.41, 5.74) is 11.9. The lowest BCUT2D eigenvalue weighted by Gasteiger charge is -2.33. The summed E-state index contributed by atoms with van der Waals surface area (Å²) in [4.78, 5) is 4.51. The van der Waals surface area contributed by atoms with Gasteiger partial charge in [0, 0.05) is 29.0 Å². The lowest BCUT2D eigenvalue weighted by molar-refractivity contribution is 0.769. The number of hydrogen-bond acceptors (Lipinski definition) is 1. The minimum atomic E-state index is -0.380. The molecule has 1 aliphatic rings. The molecule has 1 aliphatic carbocycles. The summed E-state index contributed by atoms with van der Waals surface area (Å²) in [5.74, 6) is 0. The van der Waals surface area contributed by atoms with Crippen LogP contribution in [0.2, 0.25) is 0 Å². The van der Waals surface area contributed by atoms with E-state index in [4.69, 9.17) is 0 Å². The highest BCUT2D eigenvalue weighted by atomic mass is 15.0. The van der Waals surface area contributed by atoms with Crippen molar-refractivity contribution in [3.8, 4) is 28.1 Å². The van der Waals surface area contributed by atoms with Crippen LogP contribution in [0.15, 0.2) is 158 Å². The number of hydrogen-bond donors (Lipinski definition) is 0. The van der Waals surface area contributed by atoms with Crippen LogP contribution < -0.4 is 0 Å². The van der Waals surface area contributed by atoms with Crippen molar-refractivity contribution in [3.63, 3.8) is 0 Å². The first-order chi connectivity index (χ1) is 19.9. The fraction of sp³-hybridized carbons (Fsp3) is 0.0263. The molecular formula is C38H26N2. The third kappa shape index (κ3) is 3.20. The van der Waals surface area contributed by atoms with E-state index in [-0.39, 0.29) is 5.41 Å². The molecule has 0 aliphatic heterocycles. The zero-order chi connectivity index (χ0) is 26.5. The molecule has 0 fully saturated rings. The van der Waals surface area contributed by atoms with Crippen LogP contribution in [0.4, 0.5) is 0 Å². The van der Waals surface area contributed by atoms with E-state index in [0.29, 0.717) is 0 Å². The molecule has 0 N–H and O–H groups in total. The Bertz CT molecular complexity index is 1930. The van der Waals surface area contributed by atoms with Gasteiger partial charge >= 0.3 is 0 Å². The van der Waals surface area contributed by atoms with Gasteiger partial charge in [0.2, 0.25) is 0 Å². The molecule has 2 aromatic heterocycles. The third-order valence-corrected chi connectivity index (χ3v) is 8.40. The molecule has 0 radical (unpaired) electrons. The van der Waals surface area contributed by atoms with E-state index in [1.54, 1.807) is 0 Å². The van der Waals surface area contributed by atoms with Crippen molar-refractivity contribution in [1.82, 2.24) is 9.55 Å². The standard InChI is InChI=1S/C38H26N2/c1-3-11-28(12-4-1)38(29-13-5-2-6-14-29)33-16-8-7-15-31(33)37-32-24-26-40(36(32)23-22-34(37)38)30-20-18-27(19-21-30)35-17-9-10-25-39-35/h1-26H. The quantitative estimate of drug-likeness (QED) is 0.231. The SMILES string of the molecule is c1ccc(C2(c3ccccc3)c3ccccc3-c3c2ccc2c3ccn2-c2ccc(-c3ccccn3)cc2)cc1. The van der Waals surface area contributed by atoms with Gasteiger partial charge in [-0.1, -0.05) is 109 Å². The summed E-state index contributed by atoms with van der Waals surface area (Å²) in [7, 11) is 0. The van der Waals surface area contributed by atoms with Crippen molar-refractivity contribution in [2.75, 3.05) is 0 Å². The summed E-state index contributed by atoms with van der Waals surface area (Å²) in [5, 5.41) is 1.27. The highest BCUT2D eigenvalue weighted by Gasteiger charge is 2.46. The largest absolute Gasteiger partial charge is 0.317 e. The van der Waals surface area contributed by atoms with Gasteiger partial charge in [-0.15, -0.1) is 0 Å². The maximum atomic E-state index is 4.51. The van der Waals surface area contributed by atoms with Gasteiger partial charge in [0.15, 0.2) is 0 Å². The Morgan fingerprint density at radius 2 is 1.20 bits per heavy atom. The van der Waals surface area contributed by atoms with Crippen molar-refractivity contribution in [1.29, 1.82) is 0 Å². The Kier molecular flexibility index (Phi) is 5.08. The smallest absolute Gasteiger partial charge is 0.0713 e. The molecule has 0 spiro atoms. The van der Waals surface area contributed by atoms with Crippen LogP contribution in [0.3, 0.4) is 0 Å². The Morgan fingerprint density at radius 1 is 0.525 bits per heavy atom. The van der Waals surface area contributed by atoms with E-state index in [9.17, 15) is 0 Å². The average molecular weight is 511 g/mol. The second-order valence-corrected chi connectivity index (χ2v) is 10.4. The van der Waals surface area contributed by atoms with Crippen molar-refractivity contribution >= 4 is 10.9 Å². The minimum Gasteiger partial charge on any atom is -0.317 e. The molecule has 0 unspecified atom stereocenters. The Hall–Kier alpha value is -5.21. The van der Waals surface area contributed by atoms with Gasteiger partial charge in [-0.2, -0.15) is 0 Å². The van der Waals surface area contributed by atoms with Crippen molar-refractivity contribution < 1.29 is 0 Å². The minimum absolute atomic E-state index is 0.380. The van der Waals surface area contributed by atoms with Gasteiger partial charge in [0.05, 0.1) is 16.6 Å². The molecule has 2 heterocycles. The molecule has 5 aromatic carbocycles. The molecule has 8 rings (SSSR count). The Morgan fingerprint density at radius 3 is 1.90 bits per heavy atom. The van der Waals surface area contributed by atoms with E-state index in [2.05, 4.69) is 143 Å². The second kappa shape index (κ2) is 8.93. The van der Waals surface area contributed by atoms with Crippen LogP contribution in [0.25, 0.3) is 39.0 Å². The Labute approximate surface area is 233 Å². The van der Waals surface area contributed by atoms with Gasteiger partial charge in [-0.3, -0.25) is 4.98 Å². The third-order valence-electron chi connectivity index (χ3n) is 8.40. The highest BCUT2D eigenvalue weighted by molar-refractivity contribution is 6.03. The zero-order valence-corrected chi connectivity index (χ0v) is 21.9. The highest BCUT2D eigenvalue weighted by Crippen LogP contribution is 2.57. The summed E-state index contributed by atoms with van der Waals surface area (Å²) >= 11 is 0. The molecular weight excluding hydrogens is 484 g/mol. The number of fused-ring (bicyclic) bond motifs is 5. The number of aromatic nitrogens is 2. The van der Waals surface area contributed by atoms with Gasteiger partial charge in [-0.25, -0.2) is 0 Å². The van der Waals surface area contributed by atoms with Crippen LogP contribution in [-0.2, 0) is 5.41 Å². The van der Waals surface area contributed by atoms with E-state index in [0.717, 1.165) is 16.9 Å². The molecule has 0 saturated carbocycles. The monoisotopic (exact) mass is 510 g/mol. The predicted octanol–water partition coefficient (Wildman–Crippen LogP) is 9.06. The summed E-state index contributed by atoms with van der Waals surface area (Å²) in [6, 6.07) is 52.5. The van der Waals surface area contributed by atoms with Crippen LogP contribution >= 0.6 is 0 Å². The van der Waals surface area contributed by atoms with E-state index in [1.165, 1.54) is 44.3 Å². The summed E-state index contributed by atoms with van der Waals surface area (Å²) in [6.07, 6.45) is 4.04. The molecule has 188 valence electrons. The second-order valence-electron chi connectivity index (χ2n) is 10.4. The Balaban J connectivity index is 1.36. The van der Waals surface area contributed by atoms with Crippen molar-refractivity contribution in [2.24, 2.45) is 0 Å². The van der Waals surface area contributed by atoms with Crippen molar-refractivity contribution in [3.05, 3.63) is 180 Å². The molecule has 0 bridgehead atoms. The first-order valence-corrected chi connectivity index (χ1v) is 13.7. The van der Waals surface area contributed by atoms with E-state index < -0.39 is 0 Å². The number of rotatable bonds is 4. The zero-order valence-electron chi connectivity index (χ0n) is 21.9. The van der Waals surface area contributed by atoms with Crippen LogP contribution in [0.5, 0.6) is 0 Å². The average Bonchev–Trinajstić information content (AvgIpc) is 3.60. The first-order valence-electron chi connectivity index (χ1n) is 13.7. The molecule has 40 heavy (non-hydrogen) atoms. The number of benzene rings is 5. The lowest BCUT2D eigenvalue weighted by Crippen LogP contribution is -2.28. The fourth-order valence-corrected chi connectivity index (χ4v) is 6.71. The van der Waals surface area contributed by atoms with Crippen LogP contribution in [0, 0.1) is 0 Å². The van der Waals surface area contributed by atoms with Gasteiger partial charge in [0.1, 0.15) is 0 Å². The predicted molar refractivity (Wildman–Crippen MR) is 164 cm³/mol. The molecule has 0 amide bonds. The maximum Gasteiger partial charge on any atom is 0.0713 e. The summed E-state index contributed by atoms with van der Waals surface area (Å²) in [6.45, 7) is 0. The van der Waals surface area contributed by atoms with E-state index >= 15 is 0 Å². The molecule has 2 nitrogen and oxygen atoms in total. The first kappa shape index (κ1) is 22.7. The van der Waals surface area contributed by atoms with Crippen LogP contribution in [-0.4, -0.2) is 9.55 Å². The van der Waals surface area contributed by atoms with Crippen LogP contribution in [0.1, 0.15) is 22.3 Å². The molecule has 0 atom stereocenters. The molecule has 0 saturated heterocycles. The lowest BCUT2D eigenvalue weighted by atomic mass is 9.67.